The van der Waals surface area contributed by atoms with Gasteiger partial charge in [-0.3, -0.25) is 9.59 Å². The molecule has 0 fully saturated rings. The number of hydrogen-bond acceptors (Lipinski definition) is 6. The lowest BCUT2D eigenvalue weighted by Gasteiger charge is -2.34. The van der Waals surface area contributed by atoms with Crippen molar-refractivity contribution in [3.05, 3.63) is 126 Å². The lowest BCUT2D eigenvalue weighted by atomic mass is 9.65. The average Bonchev–Trinajstić information content (AvgIpc) is 2.83. The monoisotopic (exact) mass is 453 g/mol. The van der Waals surface area contributed by atoms with Crippen LogP contribution in [0.4, 0.5) is 0 Å². The number of para-hydroxylation sites is 4. The maximum atomic E-state index is 14.2. The van der Waals surface area contributed by atoms with Crippen LogP contribution in [0.5, 0.6) is 23.0 Å². The summed E-state index contributed by atoms with van der Waals surface area (Å²) >= 11 is 0. The molecule has 0 atom stereocenters. The average molecular weight is 453 g/mol. The predicted octanol–water partition coefficient (Wildman–Crippen LogP) is 4.77. The molecule has 6 heteroatoms. The van der Waals surface area contributed by atoms with Crippen molar-refractivity contribution < 1.29 is 30.0 Å². The van der Waals surface area contributed by atoms with E-state index in [1.807, 2.05) is 0 Å². The van der Waals surface area contributed by atoms with E-state index in [1.54, 1.807) is 48.5 Å². The Morgan fingerprint density at radius 2 is 0.912 bits per heavy atom. The van der Waals surface area contributed by atoms with Crippen molar-refractivity contribution in [2.24, 2.45) is 0 Å². The molecule has 4 aromatic rings. The van der Waals surface area contributed by atoms with Gasteiger partial charge in [-0.2, -0.15) is 0 Å². The van der Waals surface area contributed by atoms with E-state index < -0.39 is 17.0 Å². The molecular formula is C28H21O6. The maximum Gasteiger partial charge on any atom is 0.182 e. The second kappa shape index (κ2) is 9.11. The first-order valence-electron chi connectivity index (χ1n) is 10.4. The van der Waals surface area contributed by atoms with E-state index in [4.69, 9.17) is 0 Å². The standard InChI is InChI=1S/C28H21O6/c29-22-13-5-1-9-18(22)26(33)17-28(20-11-3-7-15-24(20)31,21-12-4-8-16-25(21)32)27(34)19-10-2-6-14-23(19)30/h1-17,29-32H. The third-order valence-electron chi connectivity index (χ3n) is 5.68. The number of benzene rings is 4. The fourth-order valence-electron chi connectivity index (χ4n) is 4.06. The van der Waals surface area contributed by atoms with Crippen LogP contribution in [0.1, 0.15) is 31.8 Å². The summed E-state index contributed by atoms with van der Waals surface area (Å²) in [5, 5.41) is 42.4. The normalized spacial score (nSPS) is 11.2. The minimum Gasteiger partial charge on any atom is -0.508 e. The van der Waals surface area contributed by atoms with Crippen LogP contribution in [0.25, 0.3) is 0 Å². The van der Waals surface area contributed by atoms with Gasteiger partial charge >= 0.3 is 0 Å². The topological polar surface area (TPSA) is 115 Å². The van der Waals surface area contributed by atoms with Gasteiger partial charge < -0.3 is 20.4 Å². The van der Waals surface area contributed by atoms with E-state index in [9.17, 15) is 30.0 Å². The van der Waals surface area contributed by atoms with Crippen molar-refractivity contribution in [3.8, 4) is 23.0 Å². The van der Waals surface area contributed by atoms with Crippen molar-refractivity contribution in [3.63, 3.8) is 0 Å². The number of Topliss-reactive ketones (excluding diaryl/α,β-unsaturated/α-hetero) is 2. The number of aromatic hydroxyl groups is 4. The molecule has 0 bridgehead atoms. The molecule has 34 heavy (non-hydrogen) atoms. The Hall–Kier alpha value is -4.58. The number of phenolic OH excluding ortho intramolecular Hbond substituents is 4. The van der Waals surface area contributed by atoms with Crippen molar-refractivity contribution in [1.29, 1.82) is 0 Å². The molecule has 0 aromatic heterocycles. The van der Waals surface area contributed by atoms with E-state index in [0.717, 1.165) is 6.42 Å². The van der Waals surface area contributed by atoms with Gasteiger partial charge in [-0.1, -0.05) is 60.7 Å². The molecule has 0 heterocycles. The Balaban J connectivity index is 2.06. The van der Waals surface area contributed by atoms with Crippen LogP contribution in [0.3, 0.4) is 0 Å². The third-order valence-corrected chi connectivity index (χ3v) is 5.68. The molecule has 0 saturated heterocycles. The van der Waals surface area contributed by atoms with Gasteiger partial charge in [0.15, 0.2) is 11.6 Å². The van der Waals surface area contributed by atoms with Crippen LogP contribution < -0.4 is 0 Å². The molecule has 0 aliphatic rings. The lowest BCUT2D eigenvalue weighted by Crippen LogP contribution is -2.40. The molecule has 0 aliphatic heterocycles. The zero-order valence-electron chi connectivity index (χ0n) is 17.9. The molecule has 0 amide bonds. The molecule has 0 saturated carbocycles. The molecular weight excluding hydrogens is 432 g/mol. The first-order chi connectivity index (χ1) is 16.4. The van der Waals surface area contributed by atoms with Crippen LogP contribution in [-0.2, 0) is 5.41 Å². The second-order valence-corrected chi connectivity index (χ2v) is 7.71. The first kappa shape index (κ1) is 22.6. The Morgan fingerprint density at radius 3 is 1.35 bits per heavy atom. The van der Waals surface area contributed by atoms with Crippen molar-refractivity contribution >= 4 is 11.6 Å². The van der Waals surface area contributed by atoms with E-state index in [2.05, 4.69) is 0 Å². The predicted molar refractivity (Wildman–Crippen MR) is 126 cm³/mol. The quantitative estimate of drug-likeness (QED) is 0.300. The Labute approximate surface area is 196 Å². The number of hydrogen-bond donors (Lipinski definition) is 4. The van der Waals surface area contributed by atoms with E-state index >= 15 is 0 Å². The van der Waals surface area contributed by atoms with Crippen LogP contribution in [0.15, 0.2) is 97.1 Å². The van der Waals surface area contributed by atoms with Crippen LogP contribution in [0.2, 0.25) is 0 Å². The van der Waals surface area contributed by atoms with Crippen LogP contribution >= 0.6 is 0 Å². The number of phenols is 4. The molecule has 0 spiro atoms. The smallest absolute Gasteiger partial charge is 0.182 e. The van der Waals surface area contributed by atoms with Crippen molar-refractivity contribution in [2.45, 2.75) is 5.41 Å². The summed E-state index contributed by atoms with van der Waals surface area (Å²) in [6.07, 6.45) is 1.06. The van der Waals surface area contributed by atoms with Crippen molar-refractivity contribution in [1.82, 2.24) is 0 Å². The number of carbonyl (C=O) groups excluding carboxylic acids is 2. The minimum atomic E-state index is -2.05. The largest absolute Gasteiger partial charge is 0.508 e. The lowest BCUT2D eigenvalue weighted by molar-refractivity contribution is 0.0889. The summed E-state index contributed by atoms with van der Waals surface area (Å²) in [7, 11) is 0. The number of rotatable bonds is 7. The molecule has 0 unspecified atom stereocenters. The van der Waals surface area contributed by atoms with Gasteiger partial charge in [0.2, 0.25) is 0 Å². The number of carbonyl (C=O) groups is 2. The summed E-state index contributed by atoms with van der Waals surface area (Å²) in [6, 6.07) is 23.6. The van der Waals surface area contributed by atoms with Gasteiger partial charge in [0.25, 0.3) is 0 Å². The number of ketones is 2. The van der Waals surface area contributed by atoms with Crippen molar-refractivity contribution in [2.75, 3.05) is 0 Å². The summed E-state index contributed by atoms with van der Waals surface area (Å²) in [5.41, 5.74) is -2.19. The molecule has 4 aromatic carbocycles. The highest BCUT2D eigenvalue weighted by Gasteiger charge is 2.48. The Kier molecular flexibility index (Phi) is 6.06. The van der Waals surface area contributed by atoms with E-state index in [-0.39, 0.29) is 45.3 Å². The zero-order chi connectivity index (χ0) is 24.3. The van der Waals surface area contributed by atoms with Gasteiger partial charge in [0, 0.05) is 11.1 Å². The maximum absolute atomic E-state index is 14.2. The summed E-state index contributed by atoms with van der Waals surface area (Å²) in [6.45, 7) is 0. The van der Waals surface area contributed by atoms with Crippen LogP contribution in [0, 0.1) is 6.42 Å². The molecule has 6 nitrogen and oxygen atoms in total. The molecule has 0 aliphatic carbocycles. The van der Waals surface area contributed by atoms with Gasteiger partial charge in [0.05, 0.1) is 17.5 Å². The van der Waals surface area contributed by atoms with Gasteiger partial charge in [-0.25, -0.2) is 0 Å². The van der Waals surface area contributed by atoms with Gasteiger partial charge in [-0.05, 0) is 36.4 Å². The van der Waals surface area contributed by atoms with Crippen LogP contribution in [-0.4, -0.2) is 32.0 Å². The first-order valence-corrected chi connectivity index (χ1v) is 10.4. The highest BCUT2D eigenvalue weighted by atomic mass is 16.3. The Bertz CT molecular complexity index is 1330. The Morgan fingerprint density at radius 1 is 0.529 bits per heavy atom. The molecule has 4 N–H and O–H groups in total. The SMILES string of the molecule is O=C([CH]C(C(=O)c1ccccc1O)(c1ccccc1O)c1ccccc1O)c1ccccc1O. The fraction of sp³-hybridized carbons (Fsp3) is 0.0357. The second-order valence-electron chi connectivity index (χ2n) is 7.71. The highest BCUT2D eigenvalue weighted by molar-refractivity contribution is 6.17. The van der Waals surface area contributed by atoms with E-state index in [1.165, 1.54) is 48.5 Å². The molecule has 169 valence electrons. The van der Waals surface area contributed by atoms with Gasteiger partial charge in [-0.15, -0.1) is 0 Å². The minimum absolute atomic E-state index is 0.0218. The summed E-state index contributed by atoms with van der Waals surface area (Å²) in [5.74, 6) is -2.68. The molecule has 1 radical (unpaired) electrons. The van der Waals surface area contributed by atoms with E-state index in [0.29, 0.717) is 0 Å². The van der Waals surface area contributed by atoms with Gasteiger partial charge in [0.1, 0.15) is 28.4 Å². The molecule has 4 rings (SSSR count). The zero-order valence-corrected chi connectivity index (χ0v) is 17.9. The highest BCUT2D eigenvalue weighted by Crippen LogP contribution is 2.47. The fourth-order valence-corrected chi connectivity index (χ4v) is 4.06. The summed E-state index contributed by atoms with van der Waals surface area (Å²) < 4.78 is 0. The summed E-state index contributed by atoms with van der Waals surface area (Å²) in [4.78, 5) is 27.7. The third kappa shape index (κ3) is 3.86.